The molecule has 3 aromatic rings. The minimum absolute atomic E-state index is 0.0707. The number of likely N-dealkylation sites (N-methyl/N-ethyl adjacent to an activating group) is 1. The molecule has 1 aliphatic rings. The van der Waals surface area contributed by atoms with Crippen LogP contribution in [0.1, 0.15) is 42.9 Å². The third kappa shape index (κ3) is 7.36. The summed E-state index contributed by atoms with van der Waals surface area (Å²) in [7, 11) is 3.02. The van der Waals surface area contributed by atoms with Crippen LogP contribution in [0, 0.1) is 5.92 Å². The van der Waals surface area contributed by atoms with Crippen molar-refractivity contribution in [1.82, 2.24) is 10.6 Å². The molecule has 0 unspecified atom stereocenters. The zero-order valence-corrected chi connectivity index (χ0v) is 23.8. The molecule has 9 nitrogen and oxygen atoms in total. The first-order valence-corrected chi connectivity index (χ1v) is 13.6. The van der Waals surface area contributed by atoms with Crippen molar-refractivity contribution in [3.8, 4) is 22.6 Å². The van der Waals surface area contributed by atoms with Gasteiger partial charge in [0.15, 0.2) is 6.61 Å². The van der Waals surface area contributed by atoms with Gasteiger partial charge in [-0.05, 0) is 46.7 Å². The van der Waals surface area contributed by atoms with Gasteiger partial charge < -0.3 is 29.6 Å². The smallest absolute Gasteiger partial charge is 0.407 e. The summed E-state index contributed by atoms with van der Waals surface area (Å²) in [6.45, 7) is 3.86. The van der Waals surface area contributed by atoms with Crippen molar-refractivity contribution in [2.45, 2.75) is 38.8 Å². The van der Waals surface area contributed by atoms with Crippen molar-refractivity contribution in [2.24, 2.45) is 5.92 Å². The highest BCUT2D eigenvalue weighted by atomic mass is 16.6. The molecule has 0 spiro atoms. The highest BCUT2D eigenvalue weighted by molar-refractivity contribution is 5.82. The number of hydrogen-bond acceptors (Lipinski definition) is 7. The van der Waals surface area contributed by atoms with E-state index in [-0.39, 0.29) is 37.6 Å². The van der Waals surface area contributed by atoms with Crippen LogP contribution in [0.2, 0.25) is 0 Å². The lowest BCUT2D eigenvalue weighted by Gasteiger charge is -2.21. The van der Waals surface area contributed by atoms with E-state index in [1.807, 2.05) is 38.1 Å². The van der Waals surface area contributed by atoms with Crippen LogP contribution in [-0.4, -0.2) is 51.4 Å². The third-order valence-electron chi connectivity index (χ3n) is 6.90. The van der Waals surface area contributed by atoms with Crippen LogP contribution < -0.4 is 20.1 Å². The summed E-state index contributed by atoms with van der Waals surface area (Å²) in [6.07, 6.45) is -0.295. The number of carbonyl (C=O) groups excluding carboxylic acids is 3. The second-order valence-corrected chi connectivity index (χ2v) is 10.2. The van der Waals surface area contributed by atoms with Crippen LogP contribution in [0.3, 0.4) is 0 Å². The molecule has 0 saturated carbocycles. The maximum absolute atomic E-state index is 13.0. The van der Waals surface area contributed by atoms with E-state index < -0.39 is 18.1 Å². The van der Waals surface area contributed by atoms with Gasteiger partial charge in [0, 0.05) is 24.6 Å². The van der Waals surface area contributed by atoms with E-state index in [0.717, 1.165) is 22.3 Å². The molecule has 9 heteroatoms. The molecule has 2 N–H and O–H groups in total. The molecule has 1 atom stereocenters. The average Bonchev–Trinajstić information content (AvgIpc) is 3.30. The third-order valence-corrected chi connectivity index (χ3v) is 6.90. The van der Waals surface area contributed by atoms with Crippen LogP contribution in [0.15, 0.2) is 66.7 Å². The van der Waals surface area contributed by atoms with Crippen molar-refractivity contribution < 1.29 is 33.3 Å². The summed E-state index contributed by atoms with van der Waals surface area (Å²) >= 11 is 0. The Labute approximate surface area is 240 Å². The number of ether oxygens (including phenoxy) is 4. The fourth-order valence-corrected chi connectivity index (χ4v) is 4.87. The second kappa shape index (κ2) is 13.7. The zero-order chi connectivity index (χ0) is 29.4. The number of rotatable bonds is 12. The molecule has 0 heterocycles. The lowest BCUT2D eigenvalue weighted by Crippen LogP contribution is -2.43. The summed E-state index contributed by atoms with van der Waals surface area (Å²) in [4.78, 5) is 37.4. The van der Waals surface area contributed by atoms with E-state index in [9.17, 15) is 14.4 Å². The highest BCUT2D eigenvalue weighted by Gasteiger charge is 2.30. The van der Waals surface area contributed by atoms with E-state index in [4.69, 9.17) is 18.9 Å². The molecule has 0 aromatic heterocycles. The molecule has 0 fully saturated rings. The lowest BCUT2D eigenvalue weighted by molar-refractivity contribution is -0.147. The minimum atomic E-state index is -0.883. The van der Waals surface area contributed by atoms with E-state index >= 15 is 0 Å². The number of hydrogen-bond donors (Lipinski definition) is 2. The Morgan fingerprint density at radius 1 is 0.902 bits per heavy atom. The topological polar surface area (TPSA) is 112 Å². The Hall–Kier alpha value is -4.53. The summed E-state index contributed by atoms with van der Waals surface area (Å²) < 4.78 is 22.1. The second-order valence-electron chi connectivity index (χ2n) is 10.2. The van der Waals surface area contributed by atoms with Gasteiger partial charge in [-0.1, -0.05) is 62.4 Å². The van der Waals surface area contributed by atoms with Crippen LogP contribution in [0.4, 0.5) is 4.79 Å². The van der Waals surface area contributed by atoms with Gasteiger partial charge in [-0.3, -0.25) is 4.79 Å². The van der Waals surface area contributed by atoms with E-state index in [2.05, 4.69) is 34.9 Å². The van der Waals surface area contributed by atoms with Gasteiger partial charge in [0.25, 0.3) is 5.91 Å². The summed E-state index contributed by atoms with van der Waals surface area (Å²) in [5, 5.41) is 5.19. The normalized spacial score (nSPS) is 12.6. The van der Waals surface area contributed by atoms with Crippen LogP contribution >= 0.6 is 0 Å². The van der Waals surface area contributed by atoms with Crippen LogP contribution in [-0.2, 0) is 25.7 Å². The number of nitrogens with one attached hydrogen (secondary N) is 2. The molecule has 3 aromatic carbocycles. The Morgan fingerprint density at radius 2 is 1.56 bits per heavy atom. The van der Waals surface area contributed by atoms with Gasteiger partial charge in [0.2, 0.25) is 0 Å². The van der Waals surface area contributed by atoms with Crippen LogP contribution in [0.5, 0.6) is 11.5 Å². The summed E-state index contributed by atoms with van der Waals surface area (Å²) in [5.41, 5.74) is 5.11. The molecular weight excluding hydrogens is 524 g/mol. The Morgan fingerprint density at radius 3 is 2.17 bits per heavy atom. The molecule has 0 saturated heterocycles. The van der Waals surface area contributed by atoms with E-state index in [0.29, 0.717) is 23.5 Å². The molecule has 41 heavy (non-hydrogen) atoms. The van der Waals surface area contributed by atoms with Crippen molar-refractivity contribution in [1.29, 1.82) is 0 Å². The van der Waals surface area contributed by atoms with Gasteiger partial charge in [-0.15, -0.1) is 0 Å². The summed E-state index contributed by atoms with van der Waals surface area (Å²) in [6, 6.07) is 20.3. The molecule has 216 valence electrons. The number of benzene rings is 3. The van der Waals surface area contributed by atoms with Crippen molar-refractivity contribution in [3.05, 3.63) is 83.4 Å². The molecule has 2 amide bonds. The SMILES string of the molecule is CNC(=O)COc1ccc(COC(=O)[C@@H](CC(C)C)NC(=O)OCC2c3ccccc3-c3ccccc32)c(OC)c1. The fraction of sp³-hybridized carbons (Fsp3) is 0.344. The molecule has 4 rings (SSSR count). The Balaban J connectivity index is 1.36. The maximum atomic E-state index is 13.0. The number of esters is 1. The number of methoxy groups -OCH3 is 1. The molecule has 0 radical (unpaired) electrons. The van der Waals surface area contributed by atoms with Gasteiger partial charge in [-0.25, -0.2) is 9.59 Å². The largest absolute Gasteiger partial charge is 0.496 e. The number of alkyl carbamates (subject to hydrolysis) is 1. The van der Waals surface area contributed by atoms with Crippen molar-refractivity contribution in [3.63, 3.8) is 0 Å². The number of carbonyl (C=O) groups is 3. The molecule has 1 aliphatic carbocycles. The van der Waals surface area contributed by atoms with Crippen LogP contribution in [0.25, 0.3) is 11.1 Å². The predicted molar refractivity (Wildman–Crippen MR) is 154 cm³/mol. The van der Waals surface area contributed by atoms with E-state index in [1.54, 1.807) is 18.2 Å². The van der Waals surface area contributed by atoms with Gasteiger partial charge >= 0.3 is 12.1 Å². The predicted octanol–water partition coefficient (Wildman–Crippen LogP) is 4.82. The fourth-order valence-electron chi connectivity index (χ4n) is 4.87. The van der Waals surface area contributed by atoms with Gasteiger partial charge in [0.05, 0.1) is 7.11 Å². The quantitative estimate of drug-likeness (QED) is 0.306. The number of amides is 2. The number of fused-ring (bicyclic) bond motifs is 3. The first-order valence-electron chi connectivity index (χ1n) is 13.6. The average molecular weight is 561 g/mol. The minimum Gasteiger partial charge on any atom is -0.496 e. The molecule has 0 bridgehead atoms. The monoisotopic (exact) mass is 560 g/mol. The maximum Gasteiger partial charge on any atom is 0.407 e. The standard InChI is InChI=1S/C32H36N2O7/c1-20(2)15-28(31(36)40-17-21-13-14-22(16-29(21)38-4)39-19-30(35)33-3)34-32(37)41-18-27-25-11-7-5-9-23(25)24-10-6-8-12-26(24)27/h5-14,16,20,27-28H,15,17-19H2,1-4H3,(H,33,35)(H,34,37)/t28-/m1/s1. The highest BCUT2D eigenvalue weighted by Crippen LogP contribution is 2.44. The Kier molecular flexibility index (Phi) is 9.84. The first-order chi connectivity index (χ1) is 19.8. The first kappa shape index (κ1) is 29.5. The van der Waals surface area contributed by atoms with E-state index in [1.165, 1.54) is 14.2 Å². The van der Waals surface area contributed by atoms with Gasteiger partial charge in [0.1, 0.15) is 30.8 Å². The van der Waals surface area contributed by atoms with Gasteiger partial charge in [-0.2, -0.15) is 0 Å². The summed E-state index contributed by atoms with van der Waals surface area (Å²) in [5.74, 6) is 0.0793. The lowest BCUT2D eigenvalue weighted by atomic mass is 9.98. The molecule has 0 aliphatic heterocycles. The zero-order valence-electron chi connectivity index (χ0n) is 23.8. The molecular formula is C32H36N2O7. The van der Waals surface area contributed by atoms with Crippen molar-refractivity contribution >= 4 is 18.0 Å². The Bertz CT molecular complexity index is 1340. The van der Waals surface area contributed by atoms with Crippen molar-refractivity contribution in [2.75, 3.05) is 27.4 Å².